The summed E-state index contributed by atoms with van der Waals surface area (Å²) in [5.41, 5.74) is 0. The molecule has 2 aliphatic rings. The van der Waals surface area contributed by atoms with Gasteiger partial charge in [-0.25, -0.2) is 0 Å². The van der Waals surface area contributed by atoms with E-state index in [9.17, 15) is 4.79 Å². The first kappa shape index (κ1) is 16.8. The van der Waals surface area contributed by atoms with Crippen LogP contribution in [0.15, 0.2) is 0 Å². The molecule has 0 saturated carbocycles. The van der Waals surface area contributed by atoms with E-state index < -0.39 is 0 Å². The highest BCUT2D eigenvalue weighted by atomic mass is 35.5. The quantitative estimate of drug-likeness (QED) is 0.863. The van der Waals surface area contributed by atoms with Crippen LogP contribution in [0.5, 0.6) is 0 Å². The maximum Gasteiger partial charge on any atom is 0.222 e. The average molecular weight is 289 g/mol. The van der Waals surface area contributed by atoms with E-state index in [2.05, 4.69) is 24.1 Å². The lowest BCUT2D eigenvalue weighted by molar-refractivity contribution is -0.133. The summed E-state index contributed by atoms with van der Waals surface area (Å²) in [6, 6.07) is 0. The van der Waals surface area contributed by atoms with Crippen molar-refractivity contribution in [2.75, 3.05) is 26.2 Å². The summed E-state index contributed by atoms with van der Waals surface area (Å²) in [6.45, 7) is 8.83. The van der Waals surface area contributed by atoms with Gasteiger partial charge in [-0.1, -0.05) is 13.8 Å². The number of rotatable bonds is 4. The van der Waals surface area contributed by atoms with Crippen molar-refractivity contribution in [2.24, 2.45) is 17.8 Å². The maximum absolute atomic E-state index is 12.1. The lowest BCUT2D eigenvalue weighted by atomic mass is 9.86. The van der Waals surface area contributed by atoms with Crippen LogP contribution >= 0.6 is 12.4 Å². The Hall–Kier alpha value is -0.280. The fourth-order valence-electron chi connectivity index (χ4n) is 3.26. The zero-order valence-corrected chi connectivity index (χ0v) is 13.2. The van der Waals surface area contributed by atoms with Crippen molar-refractivity contribution in [3.05, 3.63) is 0 Å². The van der Waals surface area contributed by atoms with Crippen LogP contribution in [-0.4, -0.2) is 37.0 Å². The molecule has 2 aliphatic heterocycles. The Balaban J connectivity index is 0.00000180. The largest absolute Gasteiger partial charge is 0.343 e. The van der Waals surface area contributed by atoms with Gasteiger partial charge in [0, 0.05) is 19.5 Å². The van der Waals surface area contributed by atoms with Crippen LogP contribution in [0.3, 0.4) is 0 Å². The average Bonchev–Trinajstić information content (AvgIpc) is 2.89. The van der Waals surface area contributed by atoms with E-state index in [1.165, 1.54) is 19.3 Å². The number of halogens is 1. The van der Waals surface area contributed by atoms with Crippen molar-refractivity contribution in [1.82, 2.24) is 10.2 Å². The van der Waals surface area contributed by atoms with E-state index in [4.69, 9.17) is 0 Å². The molecule has 0 aliphatic carbocycles. The monoisotopic (exact) mass is 288 g/mol. The molecule has 1 unspecified atom stereocenters. The molecule has 1 amide bonds. The second kappa shape index (κ2) is 8.11. The van der Waals surface area contributed by atoms with Gasteiger partial charge in [0.1, 0.15) is 0 Å². The van der Waals surface area contributed by atoms with Crippen LogP contribution in [0.25, 0.3) is 0 Å². The zero-order valence-electron chi connectivity index (χ0n) is 12.4. The number of hydrogen-bond acceptors (Lipinski definition) is 2. The van der Waals surface area contributed by atoms with Gasteiger partial charge in [-0.3, -0.25) is 4.79 Å². The number of hydrogen-bond donors (Lipinski definition) is 1. The third-order valence-corrected chi connectivity index (χ3v) is 4.76. The van der Waals surface area contributed by atoms with E-state index in [1.807, 2.05) is 0 Å². The lowest BCUT2D eigenvalue weighted by Crippen LogP contribution is -2.39. The van der Waals surface area contributed by atoms with Gasteiger partial charge in [0.25, 0.3) is 0 Å². The van der Waals surface area contributed by atoms with Gasteiger partial charge in [0.15, 0.2) is 0 Å². The van der Waals surface area contributed by atoms with Crippen molar-refractivity contribution < 1.29 is 4.79 Å². The fourth-order valence-corrected chi connectivity index (χ4v) is 3.26. The summed E-state index contributed by atoms with van der Waals surface area (Å²) in [4.78, 5) is 14.2. The van der Waals surface area contributed by atoms with Crippen molar-refractivity contribution in [1.29, 1.82) is 0 Å². The number of likely N-dealkylation sites (tertiary alicyclic amines) is 1. The molecule has 3 nitrogen and oxygen atoms in total. The summed E-state index contributed by atoms with van der Waals surface area (Å²) < 4.78 is 0. The van der Waals surface area contributed by atoms with Crippen LogP contribution in [-0.2, 0) is 4.79 Å². The van der Waals surface area contributed by atoms with Crippen molar-refractivity contribution >= 4 is 18.3 Å². The second-order valence-corrected chi connectivity index (χ2v) is 6.36. The van der Waals surface area contributed by atoms with Gasteiger partial charge in [-0.05, 0) is 56.5 Å². The molecule has 2 heterocycles. The predicted octanol–water partition coefficient (Wildman–Crippen LogP) is 2.69. The van der Waals surface area contributed by atoms with Crippen LogP contribution in [0.2, 0.25) is 0 Å². The highest BCUT2D eigenvalue weighted by Gasteiger charge is 2.25. The summed E-state index contributed by atoms with van der Waals surface area (Å²) in [5.74, 6) is 2.73. The van der Waals surface area contributed by atoms with E-state index in [0.717, 1.165) is 56.8 Å². The molecule has 0 spiro atoms. The molecule has 4 heteroatoms. The second-order valence-electron chi connectivity index (χ2n) is 6.36. The Bertz CT molecular complexity index is 269. The molecule has 0 bridgehead atoms. The standard InChI is InChI=1S/C15H28N2O.ClH/c1-12(2)14-6-9-17(10-7-14)15(18)4-3-13-5-8-16-11-13;/h12-14,16H,3-11H2,1-2H3;1H. The number of nitrogens with zero attached hydrogens (tertiary/aromatic N) is 1. The third kappa shape index (κ3) is 4.96. The smallest absolute Gasteiger partial charge is 0.222 e. The van der Waals surface area contributed by atoms with Crippen LogP contribution < -0.4 is 5.32 Å². The van der Waals surface area contributed by atoms with Gasteiger partial charge in [0.05, 0.1) is 0 Å². The normalized spacial score (nSPS) is 24.6. The summed E-state index contributed by atoms with van der Waals surface area (Å²) in [7, 11) is 0. The number of amides is 1. The molecule has 1 N–H and O–H groups in total. The van der Waals surface area contributed by atoms with Crippen LogP contribution in [0.4, 0.5) is 0 Å². The molecule has 2 rings (SSSR count). The third-order valence-electron chi connectivity index (χ3n) is 4.76. The van der Waals surface area contributed by atoms with Gasteiger partial charge >= 0.3 is 0 Å². The fraction of sp³-hybridized carbons (Fsp3) is 0.933. The zero-order chi connectivity index (χ0) is 13.0. The van der Waals surface area contributed by atoms with Crippen molar-refractivity contribution in [2.45, 2.75) is 46.0 Å². The molecule has 0 aromatic carbocycles. The topological polar surface area (TPSA) is 32.3 Å². The first-order valence-corrected chi connectivity index (χ1v) is 7.65. The highest BCUT2D eigenvalue weighted by Crippen LogP contribution is 2.25. The van der Waals surface area contributed by atoms with Crippen molar-refractivity contribution in [3.63, 3.8) is 0 Å². The van der Waals surface area contributed by atoms with Crippen LogP contribution in [0, 0.1) is 17.8 Å². The minimum absolute atomic E-state index is 0. The Morgan fingerprint density at radius 2 is 1.95 bits per heavy atom. The molecular weight excluding hydrogens is 260 g/mol. The number of carbonyl (C=O) groups is 1. The predicted molar refractivity (Wildman–Crippen MR) is 81.6 cm³/mol. The number of carbonyl (C=O) groups excluding carboxylic acids is 1. The summed E-state index contributed by atoms with van der Waals surface area (Å²) in [6.07, 6.45) is 5.50. The SMILES string of the molecule is CC(C)C1CCN(C(=O)CCC2CCNC2)CC1.Cl. The molecule has 19 heavy (non-hydrogen) atoms. The Morgan fingerprint density at radius 3 is 2.47 bits per heavy atom. The van der Waals surface area contributed by atoms with Crippen LogP contribution in [0.1, 0.15) is 46.0 Å². The van der Waals surface area contributed by atoms with E-state index in [-0.39, 0.29) is 12.4 Å². The molecule has 112 valence electrons. The maximum atomic E-state index is 12.1. The molecule has 0 aromatic rings. The minimum Gasteiger partial charge on any atom is -0.343 e. The molecule has 0 radical (unpaired) electrons. The van der Waals surface area contributed by atoms with Gasteiger partial charge in [-0.2, -0.15) is 0 Å². The number of nitrogens with one attached hydrogen (secondary N) is 1. The van der Waals surface area contributed by atoms with Gasteiger partial charge in [-0.15, -0.1) is 12.4 Å². The highest BCUT2D eigenvalue weighted by molar-refractivity contribution is 5.85. The first-order chi connectivity index (χ1) is 8.66. The summed E-state index contributed by atoms with van der Waals surface area (Å²) in [5, 5.41) is 3.37. The van der Waals surface area contributed by atoms with E-state index in [1.54, 1.807) is 0 Å². The van der Waals surface area contributed by atoms with E-state index >= 15 is 0 Å². The minimum atomic E-state index is 0. The molecule has 2 saturated heterocycles. The molecule has 0 aromatic heterocycles. The summed E-state index contributed by atoms with van der Waals surface area (Å²) >= 11 is 0. The number of piperidine rings is 1. The molecular formula is C15H29ClN2O. The lowest BCUT2D eigenvalue weighted by Gasteiger charge is -2.34. The Morgan fingerprint density at radius 1 is 1.26 bits per heavy atom. The van der Waals surface area contributed by atoms with Gasteiger partial charge in [0.2, 0.25) is 5.91 Å². The van der Waals surface area contributed by atoms with E-state index in [0.29, 0.717) is 5.91 Å². The Kier molecular flexibility index (Phi) is 7.16. The molecule has 2 fully saturated rings. The molecule has 1 atom stereocenters. The Labute approximate surface area is 123 Å². The first-order valence-electron chi connectivity index (χ1n) is 7.65. The van der Waals surface area contributed by atoms with Crippen molar-refractivity contribution in [3.8, 4) is 0 Å². The van der Waals surface area contributed by atoms with Gasteiger partial charge < -0.3 is 10.2 Å².